The summed E-state index contributed by atoms with van der Waals surface area (Å²) >= 11 is 0. The summed E-state index contributed by atoms with van der Waals surface area (Å²) in [5.41, 5.74) is -0.137. The van der Waals surface area contributed by atoms with E-state index in [-0.39, 0.29) is 35.6 Å². The zero-order chi connectivity index (χ0) is 24.6. The summed E-state index contributed by atoms with van der Waals surface area (Å²) in [6.07, 6.45) is -3.34. The van der Waals surface area contributed by atoms with Crippen molar-refractivity contribution in [1.29, 1.82) is 0 Å². The van der Waals surface area contributed by atoms with Crippen LogP contribution in [0.1, 0.15) is 61.1 Å². The first-order chi connectivity index (χ1) is 15.5. The van der Waals surface area contributed by atoms with Crippen LogP contribution in [0.4, 0.5) is 13.2 Å². The molecule has 33 heavy (non-hydrogen) atoms. The van der Waals surface area contributed by atoms with Crippen LogP contribution in [0.25, 0.3) is 0 Å². The van der Waals surface area contributed by atoms with Gasteiger partial charge in [-0.1, -0.05) is 25.5 Å². The van der Waals surface area contributed by atoms with Crippen molar-refractivity contribution in [2.24, 2.45) is 0 Å². The molecule has 0 fully saturated rings. The Kier molecular flexibility index (Phi) is 9.13. The third-order valence-corrected chi connectivity index (χ3v) is 4.73. The van der Waals surface area contributed by atoms with E-state index >= 15 is 0 Å². The number of halogens is 3. The van der Waals surface area contributed by atoms with Crippen LogP contribution in [-0.4, -0.2) is 31.6 Å². The van der Waals surface area contributed by atoms with Gasteiger partial charge in [-0.15, -0.1) is 0 Å². The van der Waals surface area contributed by atoms with Gasteiger partial charge in [-0.25, -0.2) is 0 Å². The molecule has 0 aliphatic rings. The molecule has 1 atom stereocenters. The van der Waals surface area contributed by atoms with Gasteiger partial charge >= 0.3 is 6.18 Å². The molecule has 2 amide bonds. The Balaban J connectivity index is 2.17. The van der Waals surface area contributed by atoms with Crippen LogP contribution in [0, 0.1) is 0 Å². The van der Waals surface area contributed by atoms with Gasteiger partial charge in [0.25, 0.3) is 11.8 Å². The molecule has 2 aromatic rings. The van der Waals surface area contributed by atoms with Crippen LogP contribution in [0.2, 0.25) is 0 Å². The topological polar surface area (TPSA) is 76.7 Å². The Hall–Kier alpha value is -3.23. The number of carbonyl (C=O) groups is 2. The van der Waals surface area contributed by atoms with Gasteiger partial charge in [0.15, 0.2) is 18.1 Å². The predicted molar refractivity (Wildman–Crippen MR) is 118 cm³/mol. The van der Waals surface area contributed by atoms with Crippen LogP contribution in [-0.2, 0) is 11.0 Å². The van der Waals surface area contributed by atoms with E-state index in [4.69, 9.17) is 9.47 Å². The first-order valence-corrected chi connectivity index (χ1v) is 10.6. The summed E-state index contributed by atoms with van der Waals surface area (Å²) in [6, 6.07) is 8.80. The second kappa shape index (κ2) is 11.6. The van der Waals surface area contributed by atoms with E-state index in [9.17, 15) is 22.8 Å². The molecule has 0 spiro atoms. The quantitative estimate of drug-likeness (QED) is 0.523. The van der Waals surface area contributed by atoms with Crippen LogP contribution in [0.5, 0.6) is 11.5 Å². The fraction of sp³-hybridized carbons (Fsp3) is 0.417. The van der Waals surface area contributed by atoms with Crippen molar-refractivity contribution in [3.05, 3.63) is 59.2 Å². The molecule has 0 saturated heterocycles. The van der Waals surface area contributed by atoms with Crippen molar-refractivity contribution >= 4 is 11.8 Å². The standard InChI is InChI=1S/C24H29F3N2O4/c1-5-7-19(16-8-6-9-18(12-16)24(25,26)27)29-23(31)17-10-11-20(21(13-17)32-4)33-14-22(30)28-15(2)3/h6,8-13,15,19H,5,7,14H2,1-4H3,(H,28,30)(H,29,31). The Bertz CT molecular complexity index is 961. The van der Waals surface area contributed by atoms with E-state index in [1.807, 2.05) is 20.8 Å². The van der Waals surface area contributed by atoms with Crippen molar-refractivity contribution in [2.45, 2.75) is 51.9 Å². The van der Waals surface area contributed by atoms with Gasteiger partial charge in [-0.3, -0.25) is 9.59 Å². The molecule has 0 aliphatic heterocycles. The lowest BCUT2D eigenvalue weighted by molar-refractivity contribution is -0.137. The third-order valence-electron chi connectivity index (χ3n) is 4.73. The highest BCUT2D eigenvalue weighted by molar-refractivity contribution is 5.95. The summed E-state index contributed by atoms with van der Waals surface area (Å²) in [5.74, 6) is -0.215. The van der Waals surface area contributed by atoms with Crippen LogP contribution < -0.4 is 20.1 Å². The van der Waals surface area contributed by atoms with Crippen LogP contribution in [0.3, 0.4) is 0 Å². The first-order valence-electron chi connectivity index (χ1n) is 10.6. The lowest BCUT2D eigenvalue weighted by Gasteiger charge is -2.20. The average molecular weight is 467 g/mol. The van der Waals surface area contributed by atoms with Gasteiger partial charge in [-0.2, -0.15) is 13.2 Å². The van der Waals surface area contributed by atoms with Crippen molar-refractivity contribution < 1.29 is 32.2 Å². The fourth-order valence-electron chi connectivity index (χ4n) is 3.22. The molecule has 0 aliphatic carbocycles. The van der Waals surface area contributed by atoms with Gasteiger partial charge in [0.2, 0.25) is 0 Å². The maximum Gasteiger partial charge on any atom is 0.416 e. The molecule has 0 heterocycles. The van der Waals surface area contributed by atoms with Gasteiger partial charge < -0.3 is 20.1 Å². The van der Waals surface area contributed by atoms with Crippen molar-refractivity contribution in [2.75, 3.05) is 13.7 Å². The highest BCUT2D eigenvalue weighted by atomic mass is 19.4. The lowest BCUT2D eigenvalue weighted by Crippen LogP contribution is -2.34. The van der Waals surface area contributed by atoms with Gasteiger partial charge in [0.1, 0.15) is 0 Å². The molecule has 9 heteroatoms. The van der Waals surface area contributed by atoms with E-state index in [0.717, 1.165) is 12.1 Å². The first kappa shape index (κ1) is 26.0. The number of methoxy groups -OCH3 is 1. The second-order valence-corrected chi connectivity index (χ2v) is 7.81. The molecule has 2 N–H and O–H groups in total. The zero-order valence-corrected chi connectivity index (χ0v) is 19.1. The zero-order valence-electron chi connectivity index (χ0n) is 19.1. The monoisotopic (exact) mass is 466 g/mol. The minimum atomic E-state index is -4.47. The number of benzene rings is 2. The Morgan fingerprint density at radius 2 is 1.76 bits per heavy atom. The maximum absolute atomic E-state index is 13.1. The third kappa shape index (κ3) is 7.69. The Morgan fingerprint density at radius 3 is 2.36 bits per heavy atom. The minimum Gasteiger partial charge on any atom is -0.493 e. The molecule has 0 bridgehead atoms. The molecule has 1 unspecified atom stereocenters. The molecule has 0 saturated carbocycles. The van der Waals surface area contributed by atoms with Crippen molar-refractivity contribution in [3.8, 4) is 11.5 Å². The van der Waals surface area contributed by atoms with Crippen molar-refractivity contribution in [1.82, 2.24) is 10.6 Å². The Labute approximate surface area is 191 Å². The molecule has 0 radical (unpaired) electrons. The average Bonchev–Trinajstić information content (AvgIpc) is 2.76. The van der Waals surface area contributed by atoms with E-state index in [1.54, 1.807) is 6.07 Å². The highest BCUT2D eigenvalue weighted by Crippen LogP contribution is 2.32. The normalized spacial score (nSPS) is 12.2. The molecular weight excluding hydrogens is 437 g/mol. The smallest absolute Gasteiger partial charge is 0.416 e. The summed E-state index contributed by atoms with van der Waals surface area (Å²) in [6.45, 7) is 5.33. The van der Waals surface area contributed by atoms with Gasteiger partial charge in [0, 0.05) is 11.6 Å². The van der Waals surface area contributed by atoms with E-state index in [2.05, 4.69) is 10.6 Å². The second-order valence-electron chi connectivity index (χ2n) is 7.81. The fourth-order valence-corrected chi connectivity index (χ4v) is 3.22. The number of rotatable bonds is 10. The van der Waals surface area contributed by atoms with E-state index in [0.29, 0.717) is 18.4 Å². The number of ether oxygens (including phenoxy) is 2. The molecule has 2 rings (SSSR count). The number of nitrogens with one attached hydrogen (secondary N) is 2. The highest BCUT2D eigenvalue weighted by Gasteiger charge is 2.31. The largest absolute Gasteiger partial charge is 0.493 e. The molecule has 6 nitrogen and oxygen atoms in total. The van der Waals surface area contributed by atoms with E-state index < -0.39 is 23.7 Å². The van der Waals surface area contributed by atoms with Gasteiger partial charge in [0.05, 0.1) is 18.7 Å². The summed E-state index contributed by atoms with van der Waals surface area (Å²) < 4.78 is 50.1. The number of alkyl halides is 3. The molecule has 2 aromatic carbocycles. The summed E-state index contributed by atoms with van der Waals surface area (Å²) in [5, 5.41) is 5.51. The van der Waals surface area contributed by atoms with E-state index in [1.165, 1.54) is 31.4 Å². The van der Waals surface area contributed by atoms with Crippen LogP contribution in [0.15, 0.2) is 42.5 Å². The predicted octanol–water partition coefficient (Wildman–Crippen LogP) is 4.89. The maximum atomic E-state index is 13.1. The SMILES string of the molecule is CCCC(NC(=O)c1ccc(OCC(=O)NC(C)C)c(OC)c1)c1cccc(C(F)(F)F)c1. The summed E-state index contributed by atoms with van der Waals surface area (Å²) in [4.78, 5) is 24.7. The number of hydrogen-bond acceptors (Lipinski definition) is 4. The summed E-state index contributed by atoms with van der Waals surface area (Å²) in [7, 11) is 1.40. The molecular formula is C24H29F3N2O4. The lowest BCUT2D eigenvalue weighted by atomic mass is 9.99. The van der Waals surface area contributed by atoms with Crippen molar-refractivity contribution in [3.63, 3.8) is 0 Å². The molecule has 0 aromatic heterocycles. The Morgan fingerprint density at radius 1 is 1.03 bits per heavy atom. The molecule has 180 valence electrons. The minimum absolute atomic E-state index is 0.0260. The number of hydrogen-bond donors (Lipinski definition) is 2. The van der Waals surface area contributed by atoms with Crippen LogP contribution >= 0.6 is 0 Å². The number of amides is 2. The number of carbonyl (C=O) groups excluding carboxylic acids is 2. The van der Waals surface area contributed by atoms with Gasteiger partial charge in [-0.05, 0) is 56.2 Å².